The quantitative estimate of drug-likeness (QED) is 0.362. The maximum absolute atomic E-state index is 12.4. The first-order valence-corrected chi connectivity index (χ1v) is 9.15. The third-order valence-corrected chi connectivity index (χ3v) is 4.42. The summed E-state index contributed by atoms with van der Waals surface area (Å²) in [5.74, 6) is 0.445. The number of aromatic nitrogens is 4. The van der Waals surface area contributed by atoms with Crippen molar-refractivity contribution in [2.75, 3.05) is 5.43 Å². The van der Waals surface area contributed by atoms with Crippen LogP contribution < -0.4 is 16.7 Å². The Morgan fingerprint density at radius 1 is 1.19 bits per heavy atom. The van der Waals surface area contributed by atoms with E-state index in [-0.39, 0.29) is 0 Å². The normalized spacial score (nSPS) is 11.5. The van der Waals surface area contributed by atoms with Crippen LogP contribution in [0.3, 0.4) is 0 Å². The zero-order valence-corrected chi connectivity index (χ0v) is 15.6. The van der Waals surface area contributed by atoms with Crippen LogP contribution in [0.5, 0.6) is 0 Å². The number of hydrogen-bond acceptors (Lipinski definition) is 5. The predicted octanol–water partition coefficient (Wildman–Crippen LogP) is 2.45. The molecule has 3 rings (SSSR count). The summed E-state index contributed by atoms with van der Waals surface area (Å²) < 4.78 is 3.14. The van der Waals surface area contributed by atoms with Crippen LogP contribution in [0.1, 0.15) is 38.2 Å². The average Bonchev–Trinajstić information content (AvgIpc) is 3.03. The molecule has 0 bridgehead atoms. The molecule has 0 aliphatic heterocycles. The Morgan fingerprint density at radius 3 is 2.70 bits per heavy atom. The summed E-state index contributed by atoms with van der Waals surface area (Å²) in [7, 11) is 1.59. The van der Waals surface area contributed by atoms with Gasteiger partial charge in [0.1, 0.15) is 0 Å². The second-order valence-corrected chi connectivity index (χ2v) is 6.42. The summed E-state index contributed by atoms with van der Waals surface area (Å²) >= 11 is 0. The molecule has 0 amide bonds. The van der Waals surface area contributed by atoms with E-state index >= 15 is 0 Å². The van der Waals surface area contributed by atoms with E-state index in [1.54, 1.807) is 17.8 Å². The van der Waals surface area contributed by atoms with Crippen LogP contribution in [0.2, 0.25) is 0 Å². The van der Waals surface area contributed by atoms with E-state index in [0.717, 1.165) is 31.2 Å². The smallest absolute Gasteiger partial charge is 0.303 e. The Hall–Kier alpha value is -3.16. The molecule has 0 fully saturated rings. The molecule has 3 aromatic rings. The fourth-order valence-electron chi connectivity index (χ4n) is 2.94. The molecule has 0 saturated carbocycles. The number of fused-ring (bicyclic) bond motifs is 1. The highest BCUT2D eigenvalue weighted by Gasteiger charge is 2.16. The third-order valence-electron chi connectivity index (χ3n) is 4.42. The van der Waals surface area contributed by atoms with Crippen molar-refractivity contribution in [2.24, 2.45) is 12.1 Å². The van der Waals surface area contributed by atoms with Gasteiger partial charge in [0.25, 0.3) is 5.56 Å². The Bertz CT molecular complexity index is 1050. The Morgan fingerprint density at radius 2 is 1.96 bits per heavy atom. The number of hydrazone groups is 1. The summed E-state index contributed by atoms with van der Waals surface area (Å²) in [5.41, 5.74) is 3.67. The lowest BCUT2D eigenvalue weighted by molar-refractivity contribution is 0.593. The van der Waals surface area contributed by atoms with E-state index in [9.17, 15) is 9.59 Å². The lowest BCUT2D eigenvalue weighted by Gasteiger charge is -2.07. The van der Waals surface area contributed by atoms with Gasteiger partial charge in [-0.1, -0.05) is 56.5 Å². The minimum absolute atomic E-state index is 0.344. The summed E-state index contributed by atoms with van der Waals surface area (Å²) in [6.45, 7) is 2.78. The summed E-state index contributed by atoms with van der Waals surface area (Å²) in [4.78, 5) is 31.0. The number of nitrogens with one attached hydrogen (secondary N) is 2. The molecular formula is C19H24N6O2. The molecule has 0 radical (unpaired) electrons. The van der Waals surface area contributed by atoms with Gasteiger partial charge in [-0.15, -0.1) is 0 Å². The lowest BCUT2D eigenvalue weighted by atomic mass is 10.2. The summed E-state index contributed by atoms with van der Waals surface area (Å²) in [5, 5.41) is 4.24. The van der Waals surface area contributed by atoms with Crippen LogP contribution in [0.4, 0.5) is 5.95 Å². The van der Waals surface area contributed by atoms with Crippen LogP contribution >= 0.6 is 0 Å². The highest BCUT2D eigenvalue weighted by molar-refractivity contribution is 5.80. The molecule has 0 saturated heterocycles. The molecular weight excluding hydrogens is 344 g/mol. The number of unbranched alkanes of at least 4 members (excludes halogenated alkanes) is 3. The number of nitrogens with zero attached hydrogens (tertiary/aromatic N) is 4. The molecule has 2 heterocycles. The number of benzene rings is 1. The van der Waals surface area contributed by atoms with Gasteiger partial charge >= 0.3 is 5.69 Å². The number of anilines is 1. The van der Waals surface area contributed by atoms with Gasteiger partial charge in [0.15, 0.2) is 11.2 Å². The number of aryl methyl sites for hydroxylation is 2. The molecule has 8 heteroatoms. The predicted molar refractivity (Wildman–Crippen MR) is 107 cm³/mol. The van der Waals surface area contributed by atoms with Crippen molar-refractivity contribution in [3.8, 4) is 0 Å². The number of hydrogen-bond donors (Lipinski definition) is 2. The Labute approximate surface area is 156 Å². The van der Waals surface area contributed by atoms with Gasteiger partial charge in [-0.25, -0.2) is 10.2 Å². The molecule has 27 heavy (non-hydrogen) atoms. The maximum atomic E-state index is 12.4. The topological polar surface area (TPSA) is 97.1 Å². The number of H-pyrrole nitrogens is 1. The SMILES string of the molecule is CCCCCCn1c(NN=Cc2ccccc2)nc2c1c(=O)[nH]c(=O)n2C. The van der Waals surface area contributed by atoms with Crippen LogP contribution in [0.15, 0.2) is 45.0 Å². The molecule has 2 N–H and O–H groups in total. The molecule has 0 atom stereocenters. The number of imidazole rings is 1. The molecule has 1 aromatic carbocycles. The molecule has 0 unspecified atom stereocenters. The zero-order valence-electron chi connectivity index (χ0n) is 15.6. The largest absolute Gasteiger partial charge is 0.329 e. The molecule has 0 aliphatic carbocycles. The van der Waals surface area contributed by atoms with E-state index in [1.807, 2.05) is 30.3 Å². The molecule has 142 valence electrons. The van der Waals surface area contributed by atoms with Gasteiger partial charge in [0.05, 0.1) is 6.21 Å². The fourth-order valence-corrected chi connectivity index (χ4v) is 2.94. The van der Waals surface area contributed by atoms with Crippen molar-refractivity contribution in [1.82, 2.24) is 19.1 Å². The monoisotopic (exact) mass is 368 g/mol. The first kappa shape index (κ1) is 18.6. The molecule has 8 nitrogen and oxygen atoms in total. The van der Waals surface area contributed by atoms with Gasteiger partial charge in [0.2, 0.25) is 5.95 Å². The van der Waals surface area contributed by atoms with Crippen molar-refractivity contribution in [1.29, 1.82) is 0 Å². The molecule has 0 spiro atoms. The standard InChI is InChI=1S/C19H24N6O2/c1-3-4-5-9-12-25-15-16(24(2)19(27)22-17(15)26)21-18(25)23-20-13-14-10-7-6-8-11-14/h6-8,10-11,13H,3-5,9,12H2,1-2H3,(H,21,23)(H,22,26,27). The van der Waals surface area contributed by atoms with E-state index in [4.69, 9.17) is 0 Å². The number of rotatable bonds is 8. The van der Waals surface area contributed by atoms with Crippen LogP contribution in [0, 0.1) is 0 Å². The lowest BCUT2D eigenvalue weighted by Crippen LogP contribution is -2.29. The Balaban J connectivity index is 1.95. The average molecular weight is 368 g/mol. The fraction of sp³-hybridized carbons (Fsp3) is 0.368. The van der Waals surface area contributed by atoms with Crippen molar-refractivity contribution < 1.29 is 0 Å². The molecule has 0 aliphatic rings. The van der Waals surface area contributed by atoms with Crippen molar-refractivity contribution >= 4 is 23.3 Å². The highest BCUT2D eigenvalue weighted by Crippen LogP contribution is 2.17. The van der Waals surface area contributed by atoms with E-state index < -0.39 is 11.2 Å². The second kappa shape index (κ2) is 8.48. The van der Waals surface area contributed by atoms with Gasteiger partial charge in [-0.3, -0.25) is 14.3 Å². The van der Waals surface area contributed by atoms with E-state index in [1.165, 1.54) is 4.57 Å². The van der Waals surface area contributed by atoms with Crippen molar-refractivity contribution in [3.63, 3.8) is 0 Å². The summed E-state index contributed by atoms with van der Waals surface area (Å²) in [6.07, 6.45) is 5.93. The van der Waals surface area contributed by atoms with Gasteiger partial charge in [-0.2, -0.15) is 10.1 Å². The van der Waals surface area contributed by atoms with E-state index in [0.29, 0.717) is 23.7 Å². The van der Waals surface area contributed by atoms with Gasteiger partial charge < -0.3 is 4.57 Å². The first-order valence-electron chi connectivity index (χ1n) is 9.15. The number of aromatic amines is 1. The van der Waals surface area contributed by atoms with Crippen molar-refractivity contribution in [2.45, 2.75) is 39.2 Å². The zero-order chi connectivity index (χ0) is 19.2. The van der Waals surface area contributed by atoms with Crippen LogP contribution in [-0.2, 0) is 13.6 Å². The van der Waals surface area contributed by atoms with Gasteiger partial charge in [0, 0.05) is 13.6 Å². The minimum Gasteiger partial charge on any atom is -0.303 e. The maximum Gasteiger partial charge on any atom is 0.329 e. The summed E-state index contributed by atoms with van der Waals surface area (Å²) in [6, 6.07) is 9.67. The van der Waals surface area contributed by atoms with Crippen LogP contribution in [-0.4, -0.2) is 25.3 Å². The van der Waals surface area contributed by atoms with Crippen molar-refractivity contribution in [3.05, 3.63) is 56.7 Å². The Kier molecular flexibility index (Phi) is 5.85. The first-order chi connectivity index (χ1) is 13.1. The van der Waals surface area contributed by atoms with E-state index in [2.05, 4.69) is 27.4 Å². The highest BCUT2D eigenvalue weighted by atomic mass is 16.2. The second-order valence-electron chi connectivity index (χ2n) is 6.42. The van der Waals surface area contributed by atoms with Gasteiger partial charge in [-0.05, 0) is 12.0 Å². The van der Waals surface area contributed by atoms with Crippen LogP contribution in [0.25, 0.3) is 11.2 Å². The molecule has 2 aromatic heterocycles. The third kappa shape index (κ3) is 4.16. The minimum atomic E-state index is -0.484.